The predicted molar refractivity (Wildman–Crippen MR) is 135 cm³/mol. The Balaban J connectivity index is 1.64. The van der Waals surface area contributed by atoms with Crippen LogP contribution in [0.15, 0.2) is 11.6 Å². The predicted octanol–water partition coefficient (Wildman–Crippen LogP) is 5.03. The van der Waals surface area contributed by atoms with Crippen molar-refractivity contribution in [2.45, 2.75) is 112 Å². The number of allylic oxidation sites excluding steroid dienone is 2. The number of hydrogen-bond acceptors (Lipinski definition) is 4. The highest BCUT2D eigenvalue weighted by Gasteiger charge is 2.73. The highest BCUT2D eigenvalue weighted by Crippen LogP contribution is 2.75. The van der Waals surface area contributed by atoms with Crippen molar-refractivity contribution in [3.8, 4) is 0 Å². The van der Waals surface area contributed by atoms with Crippen LogP contribution in [0.1, 0.15) is 93.4 Å². The molecule has 35 heavy (non-hydrogen) atoms. The Bertz CT molecular complexity index is 945. The van der Waals surface area contributed by atoms with Gasteiger partial charge in [-0.05, 0) is 97.7 Å². The summed E-state index contributed by atoms with van der Waals surface area (Å²) in [5.74, 6) is 0.482. The SMILES string of the molecule is C[C@H]1[C@H](C)CC[C@]2(C)CC[C@]3(C)C(=CC[C@@H]4[C@@]5(C)[C@H](O)[C@H](O)[C@H](O)[C@@](C)(C(=O)O)[C@@H]5CC[C@]43C)[C@H]12. The third-order valence-electron chi connectivity index (χ3n) is 13.7. The van der Waals surface area contributed by atoms with Gasteiger partial charge in [-0.3, -0.25) is 4.79 Å². The van der Waals surface area contributed by atoms with Gasteiger partial charge in [-0.1, -0.05) is 53.2 Å². The van der Waals surface area contributed by atoms with Crippen LogP contribution in [-0.2, 0) is 4.79 Å². The second-order valence-electron chi connectivity index (χ2n) is 14.6. The van der Waals surface area contributed by atoms with Crippen LogP contribution in [0.25, 0.3) is 0 Å². The molecule has 0 aromatic rings. The van der Waals surface area contributed by atoms with E-state index < -0.39 is 41.0 Å². The number of rotatable bonds is 1. The molecule has 5 rings (SSSR count). The first-order chi connectivity index (χ1) is 16.1. The van der Waals surface area contributed by atoms with Crippen molar-refractivity contribution in [3.63, 3.8) is 0 Å². The molecule has 4 N–H and O–H groups in total. The summed E-state index contributed by atoms with van der Waals surface area (Å²) >= 11 is 0. The van der Waals surface area contributed by atoms with Crippen molar-refractivity contribution < 1.29 is 25.2 Å². The fourth-order valence-electron chi connectivity index (χ4n) is 10.9. The lowest BCUT2D eigenvalue weighted by Crippen LogP contribution is -2.73. The molecule has 5 heteroatoms. The zero-order valence-electron chi connectivity index (χ0n) is 22.8. The Morgan fingerprint density at radius 2 is 1.54 bits per heavy atom. The van der Waals surface area contributed by atoms with Crippen LogP contribution in [0.4, 0.5) is 0 Å². The first kappa shape index (κ1) is 25.7. The lowest BCUT2D eigenvalue weighted by Gasteiger charge is -2.72. The lowest BCUT2D eigenvalue weighted by atomic mass is 9.33. The molecule has 0 aliphatic heterocycles. The second-order valence-corrected chi connectivity index (χ2v) is 14.6. The van der Waals surface area contributed by atoms with Gasteiger partial charge in [0.2, 0.25) is 0 Å². The van der Waals surface area contributed by atoms with E-state index in [2.05, 4.69) is 40.7 Å². The minimum absolute atomic E-state index is 0.0141. The lowest BCUT2D eigenvalue weighted by molar-refractivity contribution is -0.280. The van der Waals surface area contributed by atoms with E-state index in [0.717, 1.165) is 19.3 Å². The largest absolute Gasteiger partial charge is 0.481 e. The van der Waals surface area contributed by atoms with E-state index in [9.17, 15) is 25.2 Å². The van der Waals surface area contributed by atoms with Gasteiger partial charge in [-0.15, -0.1) is 0 Å². The molecule has 0 spiro atoms. The van der Waals surface area contributed by atoms with E-state index in [1.807, 2.05) is 6.92 Å². The summed E-state index contributed by atoms with van der Waals surface area (Å²) in [7, 11) is 0. The summed E-state index contributed by atoms with van der Waals surface area (Å²) in [6.07, 6.45) is 5.64. The number of aliphatic hydroxyl groups is 3. The average Bonchev–Trinajstić information content (AvgIpc) is 2.80. The van der Waals surface area contributed by atoms with Crippen molar-refractivity contribution in [3.05, 3.63) is 11.6 Å². The van der Waals surface area contributed by atoms with Gasteiger partial charge < -0.3 is 20.4 Å². The number of hydrogen-bond donors (Lipinski definition) is 4. The van der Waals surface area contributed by atoms with Gasteiger partial charge in [-0.2, -0.15) is 0 Å². The van der Waals surface area contributed by atoms with E-state index >= 15 is 0 Å². The van der Waals surface area contributed by atoms with Crippen LogP contribution < -0.4 is 0 Å². The maximum atomic E-state index is 12.6. The highest BCUT2D eigenvalue weighted by molar-refractivity contribution is 5.76. The summed E-state index contributed by atoms with van der Waals surface area (Å²) in [5, 5.41) is 43.7. The molecular weight excluding hydrogens is 440 g/mol. The van der Waals surface area contributed by atoms with E-state index in [-0.39, 0.29) is 16.7 Å². The molecule has 0 heterocycles. The maximum absolute atomic E-state index is 12.6. The molecule has 0 unspecified atom stereocenters. The molecule has 4 fully saturated rings. The molecule has 0 saturated heterocycles. The molecule has 5 aliphatic carbocycles. The molecule has 5 aliphatic rings. The van der Waals surface area contributed by atoms with Gasteiger partial charge in [-0.25, -0.2) is 0 Å². The van der Waals surface area contributed by atoms with Crippen molar-refractivity contribution in [2.75, 3.05) is 0 Å². The first-order valence-electron chi connectivity index (χ1n) is 14.1. The molecule has 0 radical (unpaired) electrons. The third-order valence-corrected chi connectivity index (χ3v) is 13.7. The number of carboxylic acid groups (broad SMARTS) is 1. The van der Waals surface area contributed by atoms with E-state index in [0.29, 0.717) is 29.6 Å². The van der Waals surface area contributed by atoms with Gasteiger partial charge in [0, 0.05) is 5.41 Å². The number of aliphatic hydroxyl groups excluding tert-OH is 3. The van der Waals surface area contributed by atoms with Crippen LogP contribution in [0, 0.1) is 56.7 Å². The molecular formula is C30H48O5. The third kappa shape index (κ3) is 2.84. The van der Waals surface area contributed by atoms with Crippen LogP contribution >= 0.6 is 0 Å². The molecule has 13 atom stereocenters. The average molecular weight is 489 g/mol. The van der Waals surface area contributed by atoms with Gasteiger partial charge in [0.1, 0.15) is 6.10 Å². The van der Waals surface area contributed by atoms with E-state index in [1.165, 1.54) is 19.3 Å². The summed E-state index contributed by atoms with van der Waals surface area (Å²) in [4.78, 5) is 12.6. The topological polar surface area (TPSA) is 98.0 Å². The Labute approximate surface area is 211 Å². The Hall–Kier alpha value is -0.910. The van der Waals surface area contributed by atoms with Crippen LogP contribution in [0.3, 0.4) is 0 Å². The van der Waals surface area contributed by atoms with Crippen molar-refractivity contribution in [1.82, 2.24) is 0 Å². The van der Waals surface area contributed by atoms with Crippen molar-refractivity contribution in [1.29, 1.82) is 0 Å². The minimum atomic E-state index is -1.49. The summed E-state index contributed by atoms with van der Waals surface area (Å²) in [5.41, 5.74) is -0.438. The smallest absolute Gasteiger partial charge is 0.312 e. The molecule has 0 amide bonds. The minimum Gasteiger partial charge on any atom is -0.481 e. The normalized spacial score (nSPS) is 59.9. The standard InChI is InChI=1S/C30H48O5/c1-16-10-12-26(3)14-15-27(4)18(21(26)17(16)2)8-9-19-28(27,5)13-11-20-29(19,6)23(32)22(31)24(33)30(20,7)25(34)35/h8,16-17,19-24,31-33H,9-15H2,1-7H3,(H,34,35)/t16-,17+,19+,20-,21+,22+,23-,24+,26-,27-,28-,29-,30+/m1/s1. The van der Waals surface area contributed by atoms with Crippen molar-refractivity contribution >= 4 is 5.97 Å². The maximum Gasteiger partial charge on any atom is 0.312 e. The van der Waals surface area contributed by atoms with E-state index in [4.69, 9.17) is 0 Å². The fourth-order valence-corrected chi connectivity index (χ4v) is 10.9. The summed E-state index contributed by atoms with van der Waals surface area (Å²) < 4.78 is 0. The molecule has 0 aromatic heterocycles. The number of aliphatic carboxylic acids is 1. The Morgan fingerprint density at radius 1 is 0.886 bits per heavy atom. The van der Waals surface area contributed by atoms with Gasteiger partial charge in [0.25, 0.3) is 0 Å². The first-order valence-corrected chi connectivity index (χ1v) is 14.1. The molecule has 198 valence electrons. The summed E-state index contributed by atoms with van der Waals surface area (Å²) in [6, 6.07) is 0. The van der Waals surface area contributed by atoms with Gasteiger partial charge in [0.15, 0.2) is 0 Å². The molecule has 0 bridgehead atoms. The van der Waals surface area contributed by atoms with Crippen LogP contribution in [-0.4, -0.2) is 44.7 Å². The molecule has 5 nitrogen and oxygen atoms in total. The molecule has 0 aromatic carbocycles. The zero-order chi connectivity index (χ0) is 25.9. The quantitative estimate of drug-likeness (QED) is 0.388. The number of fused-ring (bicyclic) bond motifs is 7. The molecule has 4 saturated carbocycles. The van der Waals surface area contributed by atoms with Gasteiger partial charge in [0.05, 0.1) is 17.6 Å². The number of carboxylic acids is 1. The fraction of sp³-hybridized carbons (Fsp3) is 0.900. The van der Waals surface area contributed by atoms with Crippen molar-refractivity contribution in [2.24, 2.45) is 56.7 Å². The Kier molecular flexibility index (Phi) is 5.56. The summed E-state index contributed by atoms with van der Waals surface area (Å²) in [6.45, 7) is 15.8. The highest BCUT2D eigenvalue weighted by atomic mass is 16.4. The van der Waals surface area contributed by atoms with Crippen LogP contribution in [0.5, 0.6) is 0 Å². The van der Waals surface area contributed by atoms with E-state index in [1.54, 1.807) is 12.5 Å². The zero-order valence-corrected chi connectivity index (χ0v) is 22.8. The monoisotopic (exact) mass is 488 g/mol. The van der Waals surface area contributed by atoms with Crippen LogP contribution in [0.2, 0.25) is 0 Å². The van der Waals surface area contributed by atoms with Gasteiger partial charge >= 0.3 is 5.97 Å². The Morgan fingerprint density at radius 3 is 2.17 bits per heavy atom. The number of carbonyl (C=O) groups is 1. The second kappa shape index (κ2) is 7.57.